The van der Waals surface area contributed by atoms with Crippen molar-refractivity contribution in [3.05, 3.63) is 0 Å². The first kappa shape index (κ1) is 21.2. The Kier molecular flexibility index (Phi) is 9.63. The summed E-state index contributed by atoms with van der Waals surface area (Å²) in [6.07, 6.45) is 2.90. The van der Waals surface area contributed by atoms with Crippen LogP contribution in [-0.4, -0.2) is 74.6 Å². The van der Waals surface area contributed by atoms with E-state index >= 15 is 0 Å². The molecule has 0 bridgehead atoms. The molecule has 0 saturated carbocycles. The van der Waals surface area contributed by atoms with Crippen molar-refractivity contribution in [2.24, 2.45) is 10.4 Å². The third kappa shape index (κ3) is 8.31. The van der Waals surface area contributed by atoms with Gasteiger partial charge < -0.3 is 25.4 Å². The Hall–Kier alpha value is -0.850. The molecule has 1 aliphatic heterocycles. The minimum atomic E-state index is -0.0941. The summed E-state index contributed by atoms with van der Waals surface area (Å²) < 4.78 is 5.57. The second kappa shape index (κ2) is 10.9. The van der Waals surface area contributed by atoms with E-state index in [-0.39, 0.29) is 17.6 Å². The van der Waals surface area contributed by atoms with Crippen LogP contribution >= 0.6 is 0 Å². The Morgan fingerprint density at radius 3 is 2.50 bits per heavy atom. The normalized spacial score (nSPS) is 19.3. The highest BCUT2D eigenvalue weighted by Crippen LogP contribution is 2.21. The number of guanidine groups is 1. The van der Waals surface area contributed by atoms with Gasteiger partial charge in [-0.15, -0.1) is 0 Å². The molecule has 0 radical (unpaired) electrons. The summed E-state index contributed by atoms with van der Waals surface area (Å²) in [6.45, 7) is 14.1. The number of nitrogens with zero attached hydrogens (tertiary/aromatic N) is 2. The smallest absolute Gasteiger partial charge is 0.191 e. The standard InChI is InChI=1S/C18H38N4O2/c1-6-19-17(21-14-16(24-5)18(2,3)4)20-10-7-11-22-12-8-15(23)9-13-22/h15-16,23H,6-14H2,1-5H3,(H2,19,20,21). The summed E-state index contributed by atoms with van der Waals surface area (Å²) in [7, 11) is 1.75. The van der Waals surface area contributed by atoms with E-state index in [4.69, 9.17) is 4.74 Å². The molecule has 1 fully saturated rings. The monoisotopic (exact) mass is 342 g/mol. The van der Waals surface area contributed by atoms with Gasteiger partial charge in [0.05, 0.1) is 18.8 Å². The van der Waals surface area contributed by atoms with Crippen molar-refractivity contribution < 1.29 is 9.84 Å². The van der Waals surface area contributed by atoms with E-state index in [1.807, 2.05) is 0 Å². The molecule has 0 aliphatic carbocycles. The van der Waals surface area contributed by atoms with Gasteiger partial charge >= 0.3 is 0 Å². The average Bonchev–Trinajstić information content (AvgIpc) is 2.52. The third-order valence-corrected chi connectivity index (χ3v) is 4.51. The lowest BCUT2D eigenvalue weighted by molar-refractivity contribution is 0.0241. The number of rotatable bonds is 8. The lowest BCUT2D eigenvalue weighted by Gasteiger charge is -2.29. The Morgan fingerprint density at radius 1 is 1.29 bits per heavy atom. The fourth-order valence-corrected chi connectivity index (χ4v) is 2.87. The maximum absolute atomic E-state index is 9.54. The third-order valence-electron chi connectivity index (χ3n) is 4.51. The summed E-state index contributed by atoms with van der Waals surface area (Å²) in [5, 5.41) is 16.2. The van der Waals surface area contributed by atoms with E-state index in [0.717, 1.165) is 57.9 Å². The first-order chi connectivity index (χ1) is 11.4. The van der Waals surface area contributed by atoms with Crippen LogP contribution < -0.4 is 10.6 Å². The fraction of sp³-hybridized carbons (Fsp3) is 0.944. The minimum absolute atomic E-state index is 0.0778. The van der Waals surface area contributed by atoms with E-state index in [2.05, 4.69) is 48.2 Å². The zero-order valence-electron chi connectivity index (χ0n) is 16.3. The van der Waals surface area contributed by atoms with E-state index in [1.54, 1.807) is 7.11 Å². The summed E-state index contributed by atoms with van der Waals surface area (Å²) >= 11 is 0. The van der Waals surface area contributed by atoms with Crippen LogP contribution in [0.2, 0.25) is 0 Å². The molecule has 1 unspecified atom stereocenters. The van der Waals surface area contributed by atoms with Crippen molar-refractivity contribution in [3.63, 3.8) is 0 Å². The zero-order chi connectivity index (χ0) is 18.0. The van der Waals surface area contributed by atoms with Crippen molar-refractivity contribution in [2.75, 3.05) is 46.4 Å². The summed E-state index contributed by atoms with van der Waals surface area (Å²) in [4.78, 5) is 7.10. The number of hydrogen-bond donors (Lipinski definition) is 3. The second-order valence-electron chi connectivity index (χ2n) is 7.66. The highest BCUT2D eigenvalue weighted by molar-refractivity contribution is 5.79. The number of aliphatic hydroxyl groups is 1. The minimum Gasteiger partial charge on any atom is -0.393 e. The first-order valence-electron chi connectivity index (χ1n) is 9.32. The van der Waals surface area contributed by atoms with Crippen LogP contribution in [0.25, 0.3) is 0 Å². The van der Waals surface area contributed by atoms with Gasteiger partial charge in [0.25, 0.3) is 0 Å². The number of ether oxygens (including phenoxy) is 1. The molecular weight excluding hydrogens is 304 g/mol. The largest absolute Gasteiger partial charge is 0.393 e. The van der Waals surface area contributed by atoms with Gasteiger partial charge in [0.15, 0.2) is 5.96 Å². The zero-order valence-corrected chi connectivity index (χ0v) is 16.3. The lowest BCUT2D eigenvalue weighted by Crippen LogP contribution is -2.41. The molecule has 0 aromatic carbocycles. The first-order valence-corrected chi connectivity index (χ1v) is 9.32. The topological polar surface area (TPSA) is 69.1 Å². The molecule has 142 valence electrons. The van der Waals surface area contributed by atoms with Gasteiger partial charge in [0, 0.05) is 33.3 Å². The molecule has 0 aromatic rings. The highest BCUT2D eigenvalue weighted by Gasteiger charge is 2.24. The number of aliphatic hydroxyl groups excluding tert-OH is 1. The lowest BCUT2D eigenvalue weighted by atomic mass is 9.89. The number of aliphatic imine (C=N–C) groups is 1. The number of hydrogen-bond acceptors (Lipinski definition) is 4. The summed E-state index contributed by atoms with van der Waals surface area (Å²) in [5.74, 6) is 0.859. The van der Waals surface area contributed by atoms with Gasteiger partial charge in [0.1, 0.15) is 0 Å². The van der Waals surface area contributed by atoms with Crippen LogP contribution in [0.15, 0.2) is 4.99 Å². The molecule has 1 aliphatic rings. The van der Waals surface area contributed by atoms with Crippen LogP contribution in [0.3, 0.4) is 0 Å². The van der Waals surface area contributed by atoms with Crippen molar-refractivity contribution >= 4 is 5.96 Å². The van der Waals surface area contributed by atoms with E-state index in [1.165, 1.54) is 0 Å². The average molecular weight is 343 g/mol. The van der Waals surface area contributed by atoms with Gasteiger partial charge in [-0.25, -0.2) is 0 Å². The molecule has 6 heteroatoms. The molecule has 6 nitrogen and oxygen atoms in total. The van der Waals surface area contributed by atoms with Crippen LogP contribution in [-0.2, 0) is 4.74 Å². The molecular formula is C18H38N4O2. The summed E-state index contributed by atoms with van der Waals surface area (Å²) in [5.41, 5.74) is 0.0778. The van der Waals surface area contributed by atoms with Crippen molar-refractivity contribution in [1.29, 1.82) is 0 Å². The molecule has 1 saturated heterocycles. The molecule has 0 amide bonds. The Bertz CT molecular complexity index is 361. The number of piperidine rings is 1. The van der Waals surface area contributed by atoms with E-state index in [9.17, 15) is 5.11 Å². The van der Waals surface area contributed by atoms with Crippen LogP contribution in [0.5, 0.6) is 0 Å². The predicted octanol–water partition coefficient (Wildman–Crippen LogP) is 1.45. The van der Waals surface area contributed by atoms with Gasteiger partial charge in [-0.05, 0) is 38.1 Å². The van der Waals surface area contributed by atoms with Crippen molar-refractivity contribution in [2.45, 2.75) is 59.2 Å². The van der Waals surface area contributed by atoms with Gasteiger partial charge in [-0.2, -0.15) is 0 Å². The van der Waals surface area contributed by atoms with Crippen LogP contribution in [0, 0.1) is 5.41 Å². The van der Waals surface area contributed by atoms with Crippen LogP contribution in [0.1, 0.15) is 47.0 Å². The van der Waals surface area contributed by atoms with Crippen LogP contribution in [0.4, 0.5) is 0 Å². The number of methoxy groups -OCH3 is 1. The molecule has 1 atom stereocenters. The molecule has 0 spiro atoms. The number of nitrogens with one attached hydrogen (secondary N) is 2. The fourth-order valence-electron chi connectivity index (χ4n) is 2.87. The van der Waals surface area contributed by atoms with E-state index < -0.39 is 0 Å². The van der Waals surface area contributed by atoms with Gasteiger partial charge in [0.2, 0.25) is 0 Å². The second-order valence-corrected chi connectivity index (χ2v) is 7.66. The molecule has 1 heterocycles. The maximum atomic E-state index is 9.54. The van der Waals surface area contributed by atoms with Crippen molar-refractivity contribution in [1.82, 2.24) is 15.5 Å². The molecule has 1 rings (SSSR count). The highest BCUT2D eigenvalue weighted by atomic mass is 16.5. The maximum Gasteiger partial charge on any atom is 0.191 e. The predicted molar refractivity (Wildman–Crippen MR) is 101 cm³/mol. The molecule has 24 heavy (non-hydrogen) atoms. The van der Waals surface area contributed by atoms with Crippen molar-refractivity contribution in [3.8, 4) is 0 Å². The quantitative estimate of drug-likeness (QED) is 0.354. The Labute approximate surface area is 148 Å². The van der Waals surface area contributed by atoms with E-state index in [0.29, 0.717) is 6.54 Å². The SMILES string of the molecule is CCNC(=NCC(OC)C(C)(C)C)NCCCN1CCC(O)CC1. The summed E-state index contributed by atoms with van der Waals surface area (Å²) in [6, 6.07) is 0. The van der Waals surface area contributed by atoms with Gasteiger partial charge in [-0.1, -0.05) is 20.8 Å². The van der Waals surface area contributed by atoms with Gasteiger partial charge in [-0.3, -0.25) is 4.99 Å². The molecule has 0 aromatic heterocycles. The Morgan fingerprint density at radius 2 is 1.96 bits per heavy atom. The number of likely N-dealkylation sites (tertiary alicyclic amines) is 1. The Balaban J connectivity index is 2.33. The molecule has 3 N–H and O–H groups in total.